The maximum Gasteiger partial charge on any atom is 0.226 e. The van der Waals surface area contributed by atoms with Gasteiger partial charge in [0.25, 0.3) is 0 Å². The normalized spacial score (nSPS) is 11.5. The average molecular weight is 344 g/mol. The van der Waals surface area contributed by atoms with Crippen LogP contribution in [-0.4, -0.2) is 5.91 Å². The Morgan fingerprint density at radius 2 is 2.00 bits per heavy atom. The van der Waals surface area contributed by atoms with E-state index >= 15 is 0 Å². The lowest BCUT2D eigenvalue weighted by atomic mass is 10.0. The fourth-order valence-corrected chi connectivity index (χ4v) is 2.38. The van der Waals surface area contributed by atoms with Crippen molar-refractivity contribution in [3.63, 3.8) is 0 Å². The van der Waals surface area contributed by atoms with Gasteiger partial charge in [0.05, 0.1) is 17.3 Å². The van der Waals surface area contributed by atoms with Crippen molar-refractivity contribution in [1.82, 2.24) is 0 Å². The average Bonchev–Trinajstić information content (AvgIpc) is 2.50. The third kappa shape index (κ3) is 4.15. The molecule has 0 saturated carbocycles. The van der Waals surface area contributed by atoms with Crippen LogP contribution in [0.4, 0.5) is 5.69 Å². The predicted molar refractivity (Wildman–Crippen MR) is 85.5 cm³/mol. The molecule has 0 radical (unpaired) electrons. The third-order valence-electron chi connectivity index (χ3n) is 3.01. The largest absolute Gasteiger partial charge is 0.325 e. The number of nitrogens with two attached hydrogens (primary N) is 1. The second kappa shape index (κ2) is 7.02. The minimum absolute atomic E-state index is 0.170. The van der Waals surface area contributed by atoms with Crippen LogP contribution >= 0.6 is 15.9 Å². The maximum atomic E-state index is 12.0. The van der Waals surface area contributed by atoms with Crippen molar-refractivity contribution in [2.24, 2.45) is 5.73 Å². The van der Waals surface area contributed by atoms with E-state index in [1.165, 1.54) is 0 Å². The molecule has 0 fully saturated rings. The second-order valence-corrected chi connectivity index (χ2v) is 5.43. The number of hydrogen-bond donors (Lipinski definition) is 2. The first-order chi connectivity index (χ1) is 10.1. The first kappa shape index (κ1) is 15.2. The van der Waals surface area contributed by atoms with Crippen LogP contribution in [0.5, 0.6) is 0 Å². The van der Waals surface area contributed by atoms with Crippen LogP contribution in [0.15, 0.2) is 53.0 Å². The molecular formula is C16H14BrN3O. The molecule has 1 amide bonds. The SMILES string of the molecule is N#Cc1ccc(NC(=O)CC(N)c2ccccc2)c(Br)c1. The molecule has 21 heavy (non-hydrogen) atoms. The van der Waals surface area contributed by atoms with E-state index in [2.05, 4.69) is 21.2 Å². The fraction of sp³-hybridized carbons (Fsp3) is 0.125. The summed E-state index contributed by atoms with van der Waals surface area (Å²) in [4.78, 5) is 12.0. The van der Waals surface area contributed by atoms with Crippen molar-refractivity contribution >= 4 is 27.5 Å². The maximum absolute atomic E-state index is 12.0. The van der Waals surface area contributed by atoms with Gasteiger partial charge in [-0.25, -0.2) is 0 Å². The lowest BCUT2D eigenvalue weighted by Crippen LogP contribution is -2.20. The van der Waals surface area contributed by atoms with Gasteiger partial charge in [0.1, 0.15) is 0 Å². The monoisotopic (exact) mass is 343 g/mol. The Morgan fingerprint density at radius 3 is 2.62 bits per heavy atom. The highest BCUT2D eigenvalue weighted by Gasteiger charge is 2.12. The Morgan fingerprint density at radius 1 is 1.29 bits per heavy atom. The molecule has 5 heteroatoms. The van der Waals surface area contributed by atoms with Crippen LogP contribution in [0.2, 0.25) is 0 Å². The van der Waals surface area contributed by atoms with Crippen molar-refractivity contribution in [2.45, 2.75) is 12.5 Å². The Bertz CT molecular complexity index is 680. The van der Waals surface area contributed by atoms with Crippen LogP contribution in [0.25, 0.3) is 0 Å². The molecule has 2 aromatic rings. The zero-order chi connectivity index (χ0) is 15.2. The van der Waals surface area contributed by atoms with Crippen LogP contribution in [0, 0.1) is 11.3 Å². The number of rotatable bonds is 4. The first-order valence-corrected chi connectivity index (χ1v) is 7.19. The molecule has 0 bridgehead atoms. The Balaban J connectivity index is 2.01. The standard InChI is InChI=1S/C16H14BrN3O/c17-13-8-11(10-18)6-7-15(13)20-16(21)9-14(19)12-4-2-1-3-5-12/h1-8,14H,9,19H2,(H,20,21). The van der Waals surface area contributed by atoms with Crippen molar-refractivity contribution in [1.29, 1.82) is 5.26 Å². The Kier molecular flexibility index (Phi) is 5.09. The summed E-state index contributed by atoms with van der Waals surface area (Å²) in [5, 5.41) is 11.6. The van der Waals surface area contributed by atoms with Crippen LogP contribution in [0.3, 0.4) is 0 Å². The molecule has 1 atom stereocenters. The Labute approximate surface area is 131 Å². The van der Waals surface area contributed by atoms with Gasteiger partial charge in [0.2, 0.25) is 5.91 Å². The quantitative estimate of drug-likeness (QED) is 0.893. The van der Waals surface area contributed by atoms with Gasteiger partial charge in [-0.15, -0.1) is 0 Å². The number of hydrogen-bond acceptors (Lipinski definition) is 3. The van der Waals surface area contributed by atoms with E-state index in [0.29, 0.717) is 15.7 Å². The van der Waals surface area contributed by atoms with Gasteiger partial charge in [-0.05, 0) is 39.7 Å². The van der Waals surface area contributed by atoms with Crippen molar-refractivity contribution in [2.75, 3.05) is 5.32 Å². The number of benzene rings is 2. The summed E-state index contributed by atoms with van der Waals surface area (Å²) in [6.45, 7) is 0. The zero-order valence-corrected chi connectivity index (χ0v) is 12.8. The highest BCUT2D eigenvalue weighted by atomic mass is 79.9. The predicted octanol–water partition coefficient (Wildman–Crippen LogP) is 3.35. The summed E-state index contributed by atoms with van der Waals surface area (Å²) < 4.78 is 0.670. The molecular weight excluding hydrogens is 330 g/mol. The lowest BCUT2D eigenvalue weighted by Gasteiger charge is -2.13. The van der Waals surface area contributed by atoms with Gasteiger partial charge in [0.15, 0.2) is 0 Å². The number of anilines is 1. The molecule has 0 aliphatic rings. The van der Waals surface area contributed by atoms with Crippen molar-refractivity contribution in [3.05, 3.63) is 64.1 Å². The summed E-state index contributed by atoms with van der Waals surface area (Å²) in [7, 11) is 0. The van der Waals surface area contributed by atoms with E-state index in [9.17, 15) is 4.79 Å². The number of carbonyl (C=O) groups is 1. The van der Waals surface area contributed by atoms with Crippen LogP contribution < -0.4 is 11.1 Å². The minimum atomic E-state index is -0.344. The van der Waals surface area contributed by atoms with Gasteiger partial charge in [0, 0.05) is 16.9 Å². The third-order valence-corrected chi connectivity index (χ3v) is 3.66. The molecule has 0 aliphatic carbocycles. The number of amides is 1. The van der Waals surface area contributed by atoms with E-state index in [4.69, 9.17) is 11.0 Å². The van der Waals surface area contributed by atoms with Crippen LogP contribution in [0.1, 0.15) is 23.6 Å². The lowest BCUT2D eigenvalue weighted by molar-refractivity contribution is -0.116. The molecule has 4 nitrogen and oxygen atoms in total. The van der Waals surface area contributed by atoms with E-state index in [1.54, 1.807) is 18.2 Å². The van der Waals surface area contributed by atoms with Crippen molar-refractivity contribution < 1.29 is 4.79 Å². The molecule has 0 aliphatic heterocycles. The number of nitrogens with zero attached hydrogens (tertiary/aromatic N) is 1. The van der Waals surface area contributed by atoms with Gasteiger partial charge in [-0.2, -0.15) is 5.26 Å². The molecule has 0 spiro atoms. The van der Waals surface area contributed by atoms with E-state index in [0.717, 1.165) is 5.56 Å². The summed E-state index contributed by atoms with van der Waals surface area (Å²) in [6.07, 6.45) is 0.191. The van der Waals surface area contributed by atoms with Gasteiger partial charge in [-0.1, -0.05) is 30.3 Å². The molecule has 3 N–H and O–H groups in total. The van der Waals surface area contributed by atoms with Gasteiger partial charge < -0.3 is 11.1 Å². The summed E-state index contributed by atoms with van der Waals surface area (Å²) >= 11 is 3.33. The molecule has 0 aromatic heterocycles. The molecule has 2 rings (SSSR count). The summed E-state index contributed by atoms with van der Waals surface area (Å²) in [6, 6.07) is 16.2. The number of nitriles is 1. The van der Waals surface area contributed by atoms with Crippen LogP contribution in [-0.2, 0) is 4.79 Å². The smallest absolute Gasteiger partial charge is 0.226 e. The summed E-state index contributed by atoms with van der Waals surface area (Å²) in [5.41, 5.74) is 8.09. The van der Waals surface area contributed by atoms with E-state index in [-0.39, 0.29) is 18.4 Å². The number of carbonyl (C=O) groups excluding carboxylic acids is 1. The molecule has 2 aromatic carbocycles. The van der Waals surface area contributed by atoms with Gasteiger partial charge >= 0.3 is 0 Å². The molecule has 1 unspecified atom stereocenters. The zero-order valence-electron chi connectivity index (χ0n) is 11.2. The molecule has 0 heterocycles. The van der Waals surface area contributed by atoms with Crippen molar-refractivity contribution in [3.8, 4) is 6.07 Å². The Hall–Kier alpha value is -2.16. The fourth-order valence-electron chi connectivity index (χ4n) is 1.91. The number of halogens is 1. The second-order valence-electron chi connectivity index (χ2n) is 4.58. The minimum Gasteiger partial charge on any atom is -0.325 e. The topological polar surface area (TPSA) is 78.9 Å². The van der Waals surface area contributed by atoms with E-state index < -0.39 is 0 Å². The highest BCUT2D eigenvalue weighted by Crippen LogP contribution is 2.24. The van der Waals surface area contributed by atoms with Gasteiger partial charge in [-0.3, -0.25) is 4.79 Å². The van der Waals surface area contributed by atoms with E-state index in [1.807, 2.05) is 36.4 Å². The highest BCUT2D eigenvalue weighted by molar-refractivity contribution is 9.10. The molecule has 106 valence electrons. The summed E-state index contributed by atoms with van der Waals surface area (Å²) in [5.74, 6) is -0.170. The first-order valence-electron chi connectivity index (χ1n) is 6.40. The molecule has 0 saturated heterocycles. The number of nitrogens with one attached hydrogen (secondary N) is 1.